The molecule has 1 aliphatic rings. The van der Waals surface area contributed by atoms with Crippen LogP contribution < -0.4 is 4.90 Å². The Morgan fingerprint density at radius 3 is 2.00 bits per heavy atom. The van der Waals surface area contributed by atoms with Gasteiger partial charge in [-0.15, -0.1) is 0 Å². The van der Waals surface area contributed by atoms with Crippen molar-refractivity contribution in [2.24, 2.45) is 0 Å². The Morgan fingerprint density at radius 2 is 1.09 bits per heavy atom. The molecule has 0 bridgehead atoms. The Kier molecular flexibility index (Phi) is 6.93. The van der Waals surface area contributed by atoms with Crippen molar-refractivity contribution in [3.63, 3.8) is 0 Å². The molecule has 2 nitrogen and oxygen atoms in total. The Morgan fingerprint density at radius 1 is 0.418 bits per heavy atom. The van der Waals surface area contributed by atoms with Gasteiger partial charge in [0.15, 0.2) is 0 Å². The lowest BCUT2D eigenvalue weighted by Gasteiger charge is -2.29. The van der Waals surface area contributed by atoms with Crippen LogP contribution in [0.4, 0.5) is 17.1 Å². The fourth-order valence-electron chi connectivity index (χ4n) is 9.12. The van der Waals surface area contributed by atoms with E-state index in [1.807, 2.05) is 6.07 Å². The van der Waals surface area contributed by atoms with Gasteiger partial charge in [0.05, 0.1) is 5.69 Å². The molecule has 1 aromatic heterocycles. The van der Waals surface area contributed by atoms with Crippen molar-refractivity contribution in [2.75, 3.05) is 4.90 Å². The number of nitrogens with zero attached hydrogens (tertiary/aromatic N) is 1. The molecule has 10 aromatic rings. The number of benzene rings is 9. The van der Waals surface area contributed by atoms with Crippen molar-refractivity contribution in [1.29, 1.82) is 0 Å². The van der Waals surface area contributed by atoms with Gasteiger partial charge >= 0.3 is 0 Å². The van der Waals surface area contributed by atoms with Crippen LogP contribution in [-0.4, -0.2) is 0 Å². The number of para-hydroxylation sites is 1. The first-order valence-corrected chi connectivity index (χ1v) is 19.1. The molecule has 260 valence electrons. The topological polar surface area (TPSA) is 16.4 Å². The molecular weight excluding hydrogens is 667 g/mol. The largest absolute Gasteiger partial charge is 0.455 e. The second-order valence-electron chi connectivity index (χ2n) is 15.3. The number of fused-ring (bicyclic) bond motifs is 9. The molecule has 2 heteroatoms. The molecule has 0 fully saturated rings. The van der Waals surface area contributed by atoms with Gasteiger partial charge in [0, 0.05) is 38.5 Å². The van der Waals surface area contributed by atoms with Crippen LogP contribution in [0.5, 0.6) is 0 Å². The van der Waals surface area contributed by atoms with Gasteiger partial charge in [-0.25, -0.2) is 0 Å². The number of rotatable bonds is 5. The lowest BCUT2D eigenvalue weighted by molar-refractivity contribution is 0.660. The molecule has 0 atom stereocenters. The van der Waals surface area contributed by atoms with E-state index in [1.54, 1.807) is 0 Å². The van der Waals surface area contributed by atoms with Crippen LogP contribution in [0.2, 0.25) is 0 Å². The highest BCUT2D eigenvalue weighted by Crippen LogP contribution is 2.54. The summed E-state index contributed by atoms with van der Waals surface area (Å²) in [6.07, 6.45) is 0. The molecule has 0 spiro atoms. The Labute approximate surface area is 320 Å². The molecule has 1 aliphatic carbocycles. The Hall–Kier alpha value is -6.90. The molecule has 0 unspecified atom stereocenters. The summed E-state index contributed by atoms with van der Waals surface area (Å²) in [7, 11) is 0. The molecule has 0 aliphatic heterocycles. The van der Waals surface area contributed by atoms with E-state index in [-0.39, 0.29) is 5.41 Å². The maximum absolute atomic E-state index is 6.44. The van der Waals surface area contributed by atoms with E-state index in [9.17, 15) is 0 Å². The van der Waals surface area contributed by atoms with Crippen molar-refractivity contribution in [3.8, 4) is 33.4 Å². The third kappa shape index (κ3) is 4.88. The number of hydrogen-bond donors (Lipinski definition) is 0. The van der Waals surface area contributed by atoms with Crippen LogP contribution in [-0.2, 0) is 5.41 Å². The summed E-state index contributed by atoms with van der Waals surface area (Å²) in [5.74, 6) is 0. The van der Waals surface area contributed by atoms with Crippen molar-refractivity contribution in [2.45, 2.75) is 19.3 Å². The van der Waals surface area contributed by atoms with Gasteiger partial charge in [0.1, 0.15) is 11.2 Å². The van der Waals surface area contributed by atoms with Crippen molar-refractivity contribution >= 4 is 60.5 Å². The summed E-state index contributed by atoms with van der Waals surface area (Å²) < 4.78 is 6.44. The van der Waals surface area contributed by atoms with Crippen molar-refractivity contribution < 1.29 is 4.42 Å². The van der Waals surface area contributed by atoms with Gasteiger partial charge in [-0.2, -0.15) is 0 Å². The van der Waals surface area contributed by atoms with E-state index in [1.165, 1.54) is 55.2 Å². The maximum Gasteiger partial charge on any atom is 0.143 e. The van der Waals surface area contributed by atoms with Crippen LogP contribution in [0, 0.1) is 0 Å². The van der Waals surface area contributed by atoms with E-state index < -0.39 is 0 Å². The van der Waals surface area contributed by atoms with Gasteiger partial charge in [-0.3, -0.25) is 0 Å². The van der Waals surface area contributed by atoms with Gasteiger partial charge in [-0.1, -0.05) is 153 Å². The van der Waals surface area contributed by atoms with Crippen LogP contribution in [0.25, 0.3) is 76.9 Å². The summed E-state index contributed by atoms with van der Waals surface area (Å²) in [5, 5.41) is 7.10. The smallest absolute Gasteiger partial charge is 0.143 e. The summed E-state index contributed by atoms with van der Waals surface area (Å²) in [6.45, 7) is 4.70. The molecule has 9 aromatic carbocycles. The lowest BCUT2D eigenvalue weighted by Crippen LogP contribution is -2.16. The van der Waals surface area contributed by atoms with Gasteiger partial charge in [-0.05, 0) is 104 Å². The standard InChI is InChI=1S/C53H37NO/c1-53(2)47-20-7-5-18-45(47)51-48(53)21-11-22-49(51)54(40-15-9-14-38(32-40)42-19-10-13-35-12-3-4-16-41(35)42)39-29-26-34(27-30-39)37-25-24-36-28-31-44-43-17-6-8-23-50(43)55-52(44)46(36)33-37/h3-33H,1-2H3. The van der Waals surface area contributed by atoms with Gasteiger partial charge < -0.3 is 9.32 Å². The predicted octanol–water partition coefficient (Wildman–Crippen LogP) is 15.0. The zero-order valence-corrected chi connectivity index (χ0v) is 30.8. The molecular formula is C53H37NO. The number of furan rings is 1. The minimum absolute atomic E-state index is 0.108. The average Bonchev–Trinajstić information content (AvgIpc) is 3.74. The van der Waals surface area contributed by atoms with E-state index >= 15 is 0 Å². The highest BCUT2D eigenvalue weighted by molar-refractivity contribution is 6.15. The normalized spacial score (nSPS) is 13.1. The van der Waals surface area contributed by atoms with Crippen molar-refractivity contribution in [1.82, 2.24) is 0 Å². The first kappa shape index (κ1) is 31.6. The molecule has 0 saturated heterocycles. The van der Waals surface area contributed by atoms with E-state index in [0.29, 0.717) is 0 Å². The highest BCUT2D eigenvalue weighted by atomic mass is 16.3. The van der Waals surface area contributed by atoms with Crippen LogP contribution in [0.1, 0.15) is 25.0 Å². The molecule has 0 amide bonds. The van der Waals surface area contributed by atoms with Gasteiger partial charge in [0.25, 0.3) is 0 Å². The third-order valence-electron chi connectivity index (χ3n) is 11.9. The van der Waals surface area contributed by atoms with E-state index in [2.05, 4.69) is 201 Å². The molecule has 1 heterocycles. The molecule has 0 N–H and O–H groups in total. The average molecular weight is 704 g/mol. The molecule has 11 rings (SSSR count). The fourth-order valence-corrected chi connectivity index (χ4v) is 9.12. The van der Waals surface area contributed by atoms with E-state index in [0.717, 1.165) is 49.8 Å². The van der Waals surface area contributed by atoms with Crippen LogP contribution in [0.15, 0.2) is 192 Å². The van der Waals surface area contributed by atoms with Crippen LogP contribution >= 0.6 is 0 Å². The number of hydrogen-bond acceptors (Lipinski definition) is 2. The summed E-state index contributed by atoms with van der Waals surface area (Å²) in [4.78, 5) is 2.45. The van der Waals surface area contributed by atoms with Gasteiger partial charge in [0.2, 0.25) is 0 Å². The molecule has 0 saturated carbocycles. The monoisotopic (exact) mass is 703 g/mol. The second-order valence-corrected chi connectivity index (χ2v) is 15.3. The molecule has 55 heavy (non-hydrogen) atoms. The lowest BCUT2D eigenvalue weighted by atomic mass is 9.82. The SMILES string of the molecule is CC1(C)c2ccccc2-c2c(N(c3ccc(-c4ccc5ccc6c7ccccc7oc6c5c4)cc3)c3cccc(-c4cccc5ccccc45)c3)cccc21. The molecule has 0 radical (unpaired) electrons. The summed E-state index contributed by atoms with van der Waals surface area (Å²) >= 11 is 0. The number of anilines is 3. The maximum atomic E-state index is 6.44. The third-order valence-corrected chi connectivity index (χ3v) is 11.9. The van der Waals surface area contributed by atoms with Crippen LogP contribution in [0.3, 0.4) is 0 Å². The summed E-state index contributed by atoms with van der Waals surface area (Å²) in [6, 6.07) is 68.5. The zero-order valence-electron chi connectivity index (χ0n) is 30.8. The summed E-state index contributed by atoms with van der Waals surface area (Å²) in [5.41, 5.74) is 15.2. The first-order chi connectivity index (χ1) is 27.0. The second kappa shape index (κ2) is 12.1. The Bertz CT molecular complexity index is 3120. The van der Waals surface area contributed by atoms with Crippen molar-refractivity contribution in [3.05, 3.63) is 199 Å². The quantitative estimate of drug-likeness (QED) is 0.177. The minimum Gasteiger partial charge on any atom is -0.455 e. The predicted molar refractivity (Wildman–Crippen MR) is 232 cm³/mol. The minimum atomic E-state index is -0.108. The first-order valence-electron chi connectivity index (χ1n) is 19.1. The zero-order chi connectivity index (χ0) is 36.7. The highest BCUT2D eigenvalue weighted by Gasteiger charge is 2.37. The fraction of sp³-hybridized carbons (Fsp3) is 0.0566. The van der Waals surface area contributed by atoms with E-state index in [4.69, 9.17) is 4.42 Å². The Balaban J connectivity index is 1.08.